The van der Waals surface area contributed by atoms with Gasteiger partial charge in [-0.05, 0) is 51.8 Å². The molecule has 2 aromatic rings. The van der Waals surface area contributed by atoms with Gasteiger partial charge >= 0.3 is 6.09 Å². The summed E-state index contributed by atoms with van der Waals surface area (Å²) < 4.78 is 7.34. The van der Waals surface area contributed by atoms with Gasteiger partial charge in [0, 0.05) is 18.1 Å². The number of piperidine rings is 1. The molecule has 0 aliphatic carbocycles. The Morgan fingerprint density at radius 2 is 2.17 bits per heavy atom. The maximum Gasteiger partial charge on any atom is 0.410 e. The van der Waals surface area contributed by atoms with E-state index >= 15 is 0 Å². The van der Waals surface area contributed by atoms with Crippen molar-refractivity contribution in [3.63, 3.8) is 0 Å². The molecule has 1 aliphatic heterocycles. The summed E-state index contributed by atoms with van der Waals surface area (Å²) in [6.07, 6.45) is 1.58. The number of amides is 1. The second-order valence-corrected chi connectivity index (χ2v) is 7.33. The zero-order valence-electron chi connectivity index (χ0n) is 13.6. The molecule has 6 nitrogen and oxygen atoms in total. The second kappa shape index (κ2) is 6.00. The quantitative estimate of drug-likeness (QED) is 0.797. The molecule has 124 valence electrons. The summed E-state index contributed by atoms with van der Waals surface area (Å²) >= 11 is 6.08. The molecule has 2 heterocycles. The van der Waals surface area contributed by atoms with E-state index in [4.69, 9.17) is 16.3 Å². The molecule has 0 spiro atoms. The summed E-state index contributed by atoms with van der Waals surface area (Å²) in [4.78, 5) is 14.0. The fourth-order valence-electron chi connectivity index (χ4n) is 2.83. The van der Waals surface area contributed by atoms with E-state index in [9.17, 15) is 4.79 Å². The summed E-state index contributed by atoms with van der Waals surface area (Å²) in [7, 11) is 0. The molecule has 23 heavy (non-hydrogen) atoms. The van der Waals surface area contributed by atoms with Gasteiger partial charge in [-0.2, -0.15) is 0 Å². The van der Waals surface area contributed by atoms with Gasteiger partial charge in [0.15, 0.2) is 0 Å². The Kier molecular flexibility index (Phi) is 4.19. The SMILES string of the molecule is CC(C)(C)OC(=O)N1CCCC(n2nnc3ccc(Cl)cc32)C1. The molecule has 1 aromatic carbocycles. The second-order valence-electron chi connectivity index (χ2n) is 6.89. The highest BCUT2D eigenvalue weighted by Gasteiger charge is 2.29. The maximum absolute atomic E-state index is 12.3. The molecule has 1 aliphatic rings. The van der Waals surface area contributed by atoms with Crippen molar-refractivity contribution in [2.24, 2.45) is 0 Å². The van der Waals surface area contributed by atoms with Gasteiger partial charge in [0.1, 0.15) is 11.1 Å². The number of nitrogens with zero attached hydrogens (tertiary/aromatic N) is 4. The number of halogens is 1. The Balaban J connectivity index is 1.80. The molecule has 1 saturated heterocycles. The normalized spacial score (nSPS) is 19.1. The van der Waals surface area contributed by atoms with Crippen molar-refractivity contribution in [2.75, 3.05) is 13.1 Å². The minimum atomic E-state index is -0.489. The smallest absolute Gasteiger partial charge is 0.410 e. The van der Waals surface area contributed by atoms with Crippen LogP contribution in [0, 0.1) is 0 Å². The molecule has 1 fully saturated rings. The Hall–Kier alpha value is -1.82. The number of hydrogen-bond acceptors (Lipinski definition) is 4. The predicted octanol–water partition coefficient (Wildman–Crippen LogP) is 3.66. The molecule has 1 amide bonds. The molecule has 1 unspecified atom stereocenters. The van der Waals surface area contributed by atoms with Crippen molar-refractivity contribution in [3.8, 4) is 0 Å². The predicted molar refractivity (Wildman–Crippen MR) is 88.6 cm³/mol. The van der Waals surface area contributed by atoms with Crippen LogP contribution in [0.2, 0.25) is 5.02 Å². The van der Waals surface area contributed by atoms with Crippen molar-refractivity contribution < 1.29 is 9.53 Å². The van der Waals surface area contributed by atoms with E-state index in [0.717, 1.165) is 23.9 Å². The average molecular weight is 337 g/mol. The lowest BCUT2D eigenvalue weighted by Crippen LogP contribution is -2.43. The van der Waals surface area contributed by atoms with Gasteiger partial charge in [-0.3, -0.25) is 0 Å². The first-order chi connectivity index (χ1) is 10.8. The van der Waals surface area contributed by atoms with E-state index in [-0.39, 0.29) is 12.1 Å². The number of ether oxygens (including phenoxy) is 1. The van der Waals surface area contributed by atoms with Crippen molar-refractivity contribution in [1.29, 1.82) is 0 Å². The van der Waals surface area contributed by atoms with E-state index in [1.807, 2.05) is 37.6 Å². The lowest BCUT2D eigenvalue weighted by atomic mass is 10.1. The topological polar surface area (TPSA) is 60.2 Å². The Labute approximate surface area is 140 Å². The van der Waals surface area contributed by atoms with E-state index in [2.05, 4.69) is 10.3 Å². The van der Waals surface area contributed by atoms with Gasteiger partial charge < -0.3 is 9.64 Å². The highest BCUT2D eigenvalue weighted by molar-refractivity contribution is 6.31. The number of fused-ring (bicyclic) bond motifs is 1. The highest BCUT2D eigenvalue weighted by atomic mass is 35.5. The number of carbonyl (C=O) groups excluding carboxylic acids is 1. The minimum Gasteiger partial charge on any atom is -0.444 e. The van der Waals surface area contributed by atoms with Crippen molar-refractivity contribution in [2.45, 2.75) is 45.3 Å². The Bertz CT molecular complexity index is 722. The van der Waals surface area contributed by atoms with Gasteiger partial charge in [0.05, 0.1) is 11.6 Å². The average Bonchev–Trinajstić information content (AvgIpc) is 2.88. The molecule has 0 bridgehead atoms. The zero-order valence-corrected chi connectivity index (χ0v) is 14.4. The van der Waals surface area contributed by atoms with Crippen molar-refractivity contribution >= 4 is 28.7 Å². The molecule has 0 radical (unpaired) electrons. The summed E-state index contributed by atoms with van der Waals surface area (Å²) in [5.74, 6) is 0. The third-order valence-corrected chi connectivity index (χ3v) is 4.06. The van der Waals surface area contributed by atoms with Crippen LogP contribution < -0.4 is 0 Å². The number of likely N-dealkylation sites (tertiary alicyclic amines) is 1. The molecule has 7 heteroatoms. The number of rotatable bonds is 1. The van der Waals surface area contributed by atoms with Crippen molar-refractivity contribution in [3.05, 3.63) is 23.2 Å². The van der Waals surface area contributed by atoms with Crippen LogP contribution in [0.3, 0.4) is 0 Å². The zero-order chi connectivity index (χ0) is 16.6. The lowest BCUT2D eigenvalue weighted by molar-refractivity contribution is 0.0168. The van der Waals surface area contributed by atoms with E-state index < -0.39 is 5.60 Å². The number of benzene rings is 1. The third-order valence-electron chi connectivity index (χ3n) is 3.83. The monoisotopic (exact) mass is 336 g/mol. The summed E-state index contributed by atoms with van der Waals surface area (Å²) in [5, 5.41) is 9.10. The molecule has 0 saturated carbocycles. The molecule has 1 aromatic heterocycles. The van der Waals surface area contributed by atoms with E-state index in [0.29, 0.717) is 18.1 Å². The summed E-state index contributed by atoms with van der Waals surface area (Å²) in [6, 6.07) is 5.61. The first-order valence-corrected chi connectivity index (χ1v) is 8.20. The number of carbonyl (C=O) groups is 1. The molecule has 0 N–H and O–H groups in total. The lowest BCUT2D eigenvalue weighted by Gasteiger charge is -2.34. The molecule has 1 atom stereocenters. The Morgan fingerprint density at radius 1 is 1.39 bits per heavy atom. The third kappa shape index (κ3) is 3.58. The summed E-state index contributed by atoms with van der Waals surface area (Å²) in [6.45, 7) is 6.90. The van der Waals surface area contributed by atoms with Crippen LogP contribution in [-0.2, 0) is 4.74 Å². The van der Waals surface area contributed by atoms with Crippen LogP contribution in [-0.4, -0.2) is 44.7 Å². The van der Waals surface area contributed by atoms with Crippen molar-refractivity contribution in [1.82, 2.24) is 19.9 Å². The van der Waals surface area contributed by atoms with Crippen LogP contribution in [0.4, 0.5) is 4.79 Å². The maximum atomic E-state index is 12.3. The number of aromatic nitrogens is 3. The van der Waals surface area contributed by atoms with Gasteiger partial charge in [-0.1, -0.05) is 16.8 Å². The largest absolute Gasteiger partial charge is 0.444 e. The van der Waals surface area contributed by atoms with Crippen LogP contribution in [0.25, 0.3) is 11.0 Å². The number of hydrogen-bond donors (Lipinski definition) is 0. The van der Waals surface area contributed by atoms with E-state index in [1.54, 1.807) is 11.0 Å². The van der Waals surface area contributed by atoms with Gasteiger partial charge in [-0.25, -0.2) is 9.48 Å². The highest BCUT2D eigenvalue weighted by Crippen LogP contribution is 2.26. The minimum absolute atomic E-state index is 0.0831. The standard InChI is InChI=1S/C16H21ClN4O2/c1-16(2,3)23-15(22)20-8-4-5-12(10-20)21-14-9-11(17)6-7-13(14)18-19-21/h6-7,9,12H,4-5,8,10H2,1-3H3. The molecular formula is C16H21ClN4O2. The van der Waals surface area contributed by atoms with Crippen LogP contribution >= 0.6 is 11.6 Å². The molecule has 3 rings (SSSR count). The van der Waals surface area contributed by atoms with Crippen LogP contribution in [0.15, 0.2) is 18.2 Å². The summed E-state index contributed by atoms with van der Waals surface area (Å²) in [5.41, 5.74) is 1.22. The molecular weight excluding hydrogens is 316 g/mol. The van der Waals surface area contributed by atoms with Gasteiger partial charge in [-0.15, -0.1) is 5.10 Å². The Morgan fingerprint density at radius 3 is 2.91 bits per heavy atom. The van der Waals surface area contributed by atoms with E-state index in [1.165, 1.54) is 0 Å². The first kappa shape index (κ1) is 16.1. The van der Waals surface area contributed by atoms with Crippen LogP contribution in [0.5, 0.6) is 0 Å². The fraction of sp³-hybridized carbons (Fsp3) is 0.562. The first-order valence-electron chi connectivity index (χ1n) is 7.82. The van der Waals surface area contributed by atoms with Gasteiger partial charge in [0.25, 0.3) is 0 Å². The van der Waals surface area contributed by atoms with Gasteiger partial charge in [0.2, 0.25) is 0 Å². The van der Waals surface area contributed by atoms with Crippen LogP contribution in [0.1, 0.15) is 39.7 Å². The fourth-order valence-corrected chi connectivity index (χ4v) is 2.99.